The lowest BCUT2D eigenvalue weighted by Gasteiger charge is -2.08. The third-order valence-corrected chi connectivity index (χ3v) is 3.80. The van der Waals surface area contributed by atoms with Crippen molar-refractivity contribution in [1.82, 2.24) is 15.5 Å². The van der Waals surface area contributed by atoms with E-state index in [9.17, 15) is 4.79 Å². The Morgan fingerprint density at radius 3 is 2.54 bits per heavy atom. The molecule has 0 unspecified atom stereocenters. The van der Waals surface area contributed by atoms with Gasteiger partial charge in [-0.1, -0.05) is 22.8 Å². The molecule has 3 rings (SSSR count). The molecule has 1 N–H and O–H groups in total. The fourth-order valence-electron chi connectivity index (χ4n) is 2.26. The predicted octanol–water partition coefficient (Wildman–Crippen LogP) is 3.34. The number of benzene rings is 2. The van der Waals surface area contributed by atoms with Gasteiger partial charge in [0.2, 0.25) is 0 Å². The maximum absolute atomic E-state index is 12.3. The number of carbonyl (C=O) groups excluding carboxylic acids is 1. The van der Waals surface area contributed by atoms with E-state index in [-0.39, 0.29) is 12.5 Å². The second-order valence-electron chi connectivity index (χ2n) is 5.31. The molecule has 8 heteroatoms. The SMILES string of the molecule is COc1cc(OC)cc(C(=O)NCc2noc(-c3cccc(Cl)c3)n2)c1. The first kappa shape index (κ1) is 17.8. The summed E-state index contributed by atoms with van der Waals surface area (Å²) in [6, 6.07) is 12.0. The Bertz CT molecular complexity index is 904. The number of amides is 1. The average Bonchev–Trinajstić information content (AvgIpc) is 3.14. The zero-order valence-corrected chi connectivity index (χ0v) is 14.9. The van der Waals surface area contributed by atoms with E-state index in [1.807, 2.05) is 6.07 Å². The quantitative estimate of drug-likeness (QED) is 0.713. The number of methoxy groups -OCH3 is 2. The molecule has 3 aromatic rings. The second-order valence-corrected chi connectivity index (χ2v) is 5.75. The van der Waals surface area contributed by atoms with Crippen molar-refractivity contribution in [2.75, 3.05) is 14.2 Å². The molecule has 1 amide bonds. The van der Waals surface area contributed by atoms with E-state index in [2.05, 4.69) is 15.5 Å². The molecular weight excluding hydrogens is 358 g/mol. The van der Waals surface area contributed by atoms with Crippen molar-refractivity contribution in [1.29, 1.82) is 0 Å². The fourth-order valence-corrected chi connectivity index (χ4v) is 2.45. The molecule has 0 atom stereocenters. The van der Waals surface area contributed by atoms with Gasteiger partial charge in [0, 0.05) is 22.2 Å². The van der Waals surface area contributed by atoms with Gasteiger partial charge in [0.1, 0.15) is 11.5 Å². The Morgan fingerprint density at radius 1 is 1.15 bits per heavy atom. The molecule has 0 radical (unpaired) electrons. The molecule has 0 fully saturated rings. The summed E-state index contributed by atoms with van der Waals surface area (Å²) in [6.45, 7) is 0.114. The lowest BCUT2D eigenvalue weighted by atomic mass is 10.2. The molecule has 26 heavy (non-hydrogen) atoms. The number of halogens is 1. The Balaban J connectivity index is 1.69. The van der Waals surface area contributed by atoms with Gasteiger partial charge >= 0.3 is 0 Å². The Hall–Kier alpha value is -3.06. The van der Waals surface area contributed by atoms with Crippen LogP contribution in [0.5, 0.6) is 11.5 Å². The lowest BCUT2D eigenvalue weighted by Crippen LogP contribution is -2.23. The molecule has 2 aromatic carbocycles. The predicted molar refractivity (Wildman–Crippen MR) is 95.5 cm³/mol. The van der Waals surface area contributed by atoms with Gasteiger partial charge < -0.3 is 19.3 Å². The first-order valence-electron chi connectivity index (χ1n) is 7.69. The number of hydrogen-bond acceptors (Lipinski definition) is 6. The van der Waals surface area contributed by atoms with Gasteiger partial charge in [-0.15, -0.1) is 0 Å². The third kappa shape index (κ3) is 4.12. The Kier molecular flexibility index (Phi) is 5.38. The summed E-state index contributed by atoms with van der Waals surface area (Å²) in [5, 5.41) is 7.17. The maximum Gasteiger partial charge on any atom is 0.258 e. The number of rotatable bonds is 6. The van der Waals surface area contributed by atoms with Crippen LogP contribution in [-0.4, -0.2) is 30.3 Å². The van der Waals surface area contributed by atoms with Gasteiger partial charge in [0.05, 0.1) is 20.8 Å². The molecule has 0 aliphatic rings. The van der Waals surface area contributed by atoms with Crippen LogP contribution in [0.2, 0.25) is 5.02 Å². The molecule has 0 spiro atoms. The summed E-state index contributed by atoms with van der Waals surface area (Å²) in [5.41, 5.74) is 1.11. The van der Waals surface area contributed by atoms with Crippen LogP contribution in [0, 0.1) is 0 Å². The van der Waals surface area contributed by atoms with E-state index in [0.717, 1.165) is 0 Å². The number of hydrogen-bond donors (Lipinski definition) is 1. The van der Waals surface area contributed by atoms with Crippen LogP contribution in [0.4, 0.5) is 0 Å². The van der Waals surface area contributed by atoms with E-state index in [4.69, 9.17) is 25.6 Å². The summed E-state index contributed by atoms with van der Waals surface area (Å²) < 4.78 is 15.5. The summed E-state index contributed by atoms with van der Waals surface area (Å²) >= 11 is 5.95. The van der Waals surface area contributed by atoms with Gasteiger partial charge in [0.15, 0.2) is 5.82 Å². The highest BCUT2D eigenvalue weighted by atomic mass is 35.5. The van der Waals surface area contributed by atoms with Crippen LogP contribution in [0.3, 0.4) is 0 Å². The number of nitrogens with zero attached hydrogens (tertiary/aromatic N) is 2. The van der Waals surface area contributed by atoms with Gasteiger partial charge in [-0.25, -0.2) is 0 Å². The molecule has 134 valence electrons. The van der Waals surface area contributed by atoms with Gasteiger partial charge in [-0.3, -0.25) is 4.79 Å². The van der Waals surface area contributed by atoms with Gasteiger partial charge in [0.25, 0.3) is 11.8 Å². The third-order valence-electron chi connectivity index (χ3n) is 3.56. The molecule has 0 bridgehead atoms. The van der Waals surface area contributed by atoms with Crippen LogP contribution in [0.25, 0.3) is 11.5 Å². The average molecular weight is 374 g/mol. The van der Waals surface area contributed by atoms with Crippen LogP contribution in [-0.2, 0) is 6.54 Å². The summed E-state index contributed by atoms with van der Waals surface area (Å²) in [7, 11) is 3.04. The minimum absolute atomic E-state index is 0.114. The van der Waals surface area contributed by atoms with Gasteiger partial charge in [-0.2, -0.15) is 4.98 Å². The van der Waals surface area contributed by atoms with E-state index >= 15 is 0 Å². The lowest BCUT2D eigenvalue weighted by molar-refractivity contribution is 0.0949. The van der Waals surface area contributed by atoms with E-state index in [1.165, 1.54) is 14.2 Å². The first-order valence-corrected chi connectivity index (χ1v) is 8.06. The first-order chi connectivity index (χ1) is 12.6. The maximum atomic E-state index is 12.3. The van der Waals surface area contributed by atoms with Crippen molar-refractivity contribution >= 4 is 17.5 Å². The van der Waals surface area contributed by atoms with Crippen molar-refractivity contribution in [2.45, 2.75) is 6.54 Å². The highest BCUT2D eigenvalue weighted by Gasteiger charge is 2.13. The minimum Gasteiger partial charge on any atom is -0.497 e. The van der Waals surface area contributed by atoms with Crippen molar-refractivity contribution in [3.05, 3.63) is 58.9 Å². The normalized spacial score (nSPS) is 10.4. The minimum atomic E-state index is -0.309. The Morgan fingerprint density at radius 2 is 1.88 bits per heavy atom. The molecule has 0 saturated heterocycles. The molecule has 0 aliphatic heterocycles. The van der Waals surface area contributed by atoms with Crippen molar-refractivity contribution < 1.29 is 18.8 Å². The van der Waals surface area contributed by atoms with Crippen molar-refractivity contribution in [3.8, 4) is 23.0 Å². The van der Waals surface area contributed by atoms with Gasteiger partial charge in [-0.05, 0) is 30.3 Å². The zero-order chi connectivity index (χ0) is 18.5. The largest absolute Gasteiger partial charge is 0.497 e. The number of aromatic nitrogens is 2. The van der Waals surface area contributed by atoms with Crippen LogP contribution >= 0.6 is 11.6 Å². The second kappa shape index (κ2) is 7.88. The monoisotopic (exact) mass is 373 g/mol. The molecule has 1 aromatic heterocycles. The van der Waals surface area contributed by atoms with E-state index < -0.39 is 0 Å². The van der Waals surface area contributed by atoms with Crippen LogP contribution < -0.4 is 14.8 Å². The van der Waals surface area contributed by atoms with Crippen molar-refractivity contribution in [2.24, 2.45) is 0 Å². The molecule has 1 heterocycles. The Labute approximate surface area is 154 Å². The molecule has 7 nitrogen and oxygen atoms in total. The smallest absolute Gasteiger partial charge is 0.258 e. The topological polar surface area (TPSA) is 86.5 Å². The van der Waals surface area contributed by atoms with Crippen molar-refractivity contribution in [3.63, 3.8) is 0 Å². The summed E-state index contributed by atoms with van der Waals surface area (Å²) in [4.78, 5) is 16.6. The zero-order valence-electron chi connectivity index (χ0n) is 14.2. The molecule has 0 saturated carbocycles. The number of nitrogens with one attached hydrogen (secondary N) is 1. The fraction of sp³-hybridized carbons (Fsp3) is 0.167. The number of ether oxygens (including phenoxy) is 2. The van der Waals surface area contributed by atoms with E-state index in [1.54, 1.807) is 36.4 Å². The summed E-state index contributed by atoms with van der Waals surface area (Å²) in [5.74, 6) is 1.42. The summed E-state index contributed by atoms with van der Waals surface area (Å²) in [6.07, 6.45) is 0. The molecule has 0 aliphatic carbocycles. The van der Waals surface area contributed by atoms with E-state index in [0.29, 0.717) is 39.4 Å². The highest BCUT2D eigenvalue weighted by molar-refractivity contribution is 6.30. The standard InChI is InChI=1S/C18H16ClN3O4/c1-24-14-7-12(8-15(9-14)25-2)17(23)20-10-16-21-18(26-22-16)11-4-3-5-13(19)6-11/h3-9H,10H2,1-2H3,(H,20,23). The highest BCUT2D eigenvalue weighted by Crippen LogP contribution is 2.23. The van der Waals surface area contributed by atoms with Crippen LogP contribution in [0.15, 0.2) is 47.0 Å². The number of carbonyl (C=O) groups is 1. The molecular formula is C18H16ClN3O4. The van der Waals surface area contributed by atoms with Crippen LogP contribution in [0.1, 0.15) is 16.2 Å².